The number of carbonyl (C=O) groups is 2. The number of nitrogens with zero attached hydrogens (tertiary/aromatic N) is 3. The minimum absolute atomic E-state index is 0.0351. The quantitative estimate of drug-likeness (QED) is 0.710. The second-order valence-corrected chi connectivity index (χ2v) is 6.89. The SMILES string of the molecule is C[C@H](c1ccccc1)c1nnc(C(=O)N[C@H]2COc3ccccc3N(C)C2=O)[nH]1. The normalized spacial score (nSPS) is 17.1. The lowest BCUT2D eigenvalue weighted by Gasteiger charge is -2.19. The van der Waals surface area contributed by atoms with E-state index in [0.717, 1.165) is 5.56 Å². The molecule has 0 bridgehead atoms. The lowest BCUT2D eigenvalue weighted by atomic mass is 10.0. The highest BCUT2D eigenvalue weighted by atomic mass is 16.5. The average molecular weight is 391 g/mol. The number of aromatic amines is 1. The van der Waals surface area contributed by atoms with Crippen LogP contribution in [-0.2, 0) is 4.79 Å². The van der Waals surface area contributed by atoms with Crippen LogP contribution < -0.4 is 15.0 Å². The van der Waals surface area contributed by atoms with Crippen LogP contribution in [-0.4, -0.2) is 46.7 Å². The van der Waals surface area contributed by atoms with Gasteiger partial charge < -0.3 is 19.9 Å². The molecule has 1 aromatic heterocycles. The Morgan fingerprint density at radius 1 is 1.17 bits per heavy atom. The van der Waals surface area contributed by atoms with E-state index in [2.05, 4.69) is 20.5 Å². The summed E-state index contributed by atoms with van der Waals surface area (Å²) in [5, 5.41) is 10.7. The lowest BCUT2D eigenvalue weighted by Crippen LogP contribution is -2.49. The van der Waals surface area contributed by atoms with E-state index < -0.39 is 11.9 Å². The van der Waals surface area contributed by atoms with Gasteiger partial charge in [-0.2, -0.15) is 0 Å². The number of nitrogens with one attached hydrogen (secondary N) is 2. The first kappa shape index (κ1) is 18.7. The van der Waals surface area contributed by atoms with Crippen LogP contribution >= 0.6 is 0 Å². The van der Waals surface area contributed by atoms with Crippen molar-refractivity contribution in [2.45, 2.75) is 18.9 Å². The van der Waals surface area contributed by atoms with E-state index in [1.807, 2.05) is 49.4 Å². The highest BCUT2D eigenvalue weighted by Gasteiger charge is 2.31. The molecule has 1 aliphatic rings. The van der Waals surface area contributed by atoms with Crippen LogP contribution in [0.2, 0.25) is 0 Å². The summed E-state index contributed by atoms with van der Waals surface area (Å²) in [6.45, 7) is 2.01. The molecular formula is C21H21N5O3. The molecular weight excluding hydrogens is 370 g/mol. The molecule has 2 amide bonds. The van der Waals surface area contributed by atoms with Crippen molar-refractivity contribution in [3.8, 4) is 5.75 Å². The number of hydrogen-bond donors (Lipinski definition) is 2. The number of rotatable bonds is 4. The number of carbonyl (C=O) groups excluding carboxylic acids is 2. The molecule has 4 rings (SSSR count). The van der Waals surface area contributed by atoms with Crippen molar-refractivity contribution in [1.82, 2.24) is 20.5 Å². The van der Waals surface area contributed by atoms with Crippen molar-refractivity contribution >= 4 is 17.5 Å². The van der Waals surface area contributed by atoms with E-state index in [0.29, 0.717) is 17.3 Å². The Morgan fingerprint density at radius 3 is 2.69 bits per heavy atom. The first-order valence-corrected chi connectivity index (χ1v) is 9.32. The summed E-state index contributed by atoms with van der Waals surface area (Å²) >= 11 is 0. The van der Waals surface area contributed by atoms with Crippen molar-refractivity contribution in [2.75, 3.05) is 18.6 Å². The fourth-order valence-corrected chi connectivity index (χ4v) is 3.25. The molecule has 0 unspecified atom stereocenters. The van der Waals surface area contributed by atoms with Crippen LogP contribution in [0.4, 0.5) is 5.69 Å². The third kappa shape index (κ3) is 3.69. The number of anilines is 1. The van der Waals surface area contributed by atoms with Gasteiger partial charge in [-0.05, 0) is 17.7 Å². The maximum absolute atomic E-state index is 12.8. The molecule has 8 heteroatoms. The summed E-state index contributed by atoms with van der Waals surface area (Å²) in [6, 6.07) is 16.2. The molecule has 0 saturated carbocycles. The predicted octanol–water partition coefficient (Wildman–Crippen LogP) is 2.11. The van der Waals surface area contributed by atoms with Crippen LogP contribution in [0.25, 0.3) is 0 Å². The van der Waals surface area contributed by atoms with Crippen molar-refractivity contribution in [1.29, 1.82) is 0 Å². The van der Waals surface area contributed by atoms with E-state index in [4.69, 9.17) is 4.74 Å². The molecule has 0 fully saturated rings. The lowest BCUT2D eigenvalue weighted by molar-refractivity contribution is -0.120. The van der Waals surface area contributed by atoms with Gasteiger partial charge in [-0.1, -0.05) is 49.4 Å². The Balaban J connectivity index is 1.47. The molecule has 0 spiro atoms. The van der Waals surface area contributed by atoms with Gasteiger partial charge in [0.1, 0.15) is 24.2 Å². The minimum Gasteiger partial charge on any atom is -0.489 e. The molecule has 0 radical (unpaired) electrons. The maximum Gasteiger partial charge on any atom is 0.289 e. The summed E-state index contributed by atoms with van der Waals surface area (Å²) in [5.74, 6) is 0.410. The third-order valence-electron chi connectivity index (χ3n) is 5.00. The second kappa shape index (κ2) is 7.75. The van der Waals surface area contributed by atoms with E-state index in [-0.39, 0.29) is 24.3 Å². The van der Waals surface area contributed by atoms with Gasteiger partial charge in [0.05, 0.1) is 5.69 Å². The van der Waals surface area contributed by atoms with Crippen molar-refractivity contribution < 1.29 is 14.3 Å². The van der Waals surface area contributed by atoms with E-state index >= 15 is 0 Å². The number of likely N-dealkylation sites (N-methyl/N-ethyl adjacent to an activating group) is 1. The largest absolute Gasteiger partial charge is 0.489 e. The highest BCUT2D eigenvalue weighted by molar-refractivity contribution is 6.02. The van der Waals surface area contributed by atoms with Crippen LogP contribution in [0.1, 0.15) is 34.8 Å². The summed E-state index contributed by atoms with van der Waals surface area (Å²) in [6.07, 6.45) is 0. The van der Waals surface area contributed by atoms with Crippen molar-refractivity contribution in [3.05, 3.63) is 71.8 Å². The molecule has 0 saturated heterocycles. The number of fused-ring (bicyclic) bond motifs is 1. The van der Waals surface area contributed by atoms with Gasteiger partial charge >= 0.3 is 0 Å². The summed E-state index contributed by atoms with van der Waals surface area (Å²) < 4.78 is 5.72. The molecule has 2 heterocycles. The Morgan fingerprint density at radius 2 is 1.90 bits per heavy atom. The fraction of sp³-hybridized carbons (Fsp3) is 0.238. The Kier molecular flexibility index (Phi) is 4.99. The first-order valence-electron chi connectivity index (χ1n) is 9.32. The summed E-state index contributed by atoms with van der Waals surface area (Å²) in [4.78, 5) is 29.9. The van der Waals surface area contributed by atoms with Gasteiger partial charge in [0, 0.05) is 13.0 Å². The molecule has 0 aliphatic carbocycles. The van der Waals surface area contributed by atoms with Gasteiger partial charge in [0.25, 0.3) is 11.8 Å². The standard InChI is InChI=1S/C21H21N5O3/c1-13(14-8-4-3-5-9-14)18-23-19(25-24-18)20(27)22-15-12-29-17-11-7-6-10-16(17)26(2)21(15)28/h3-11,13,15H,12H2,1-2H3,(H,22,27)(H,23,24,25)/t13-,15+/m1/s1. The van der Waals surface area contributed by atoms with Gasteiger partial charge in [-0.25, -0.2) is 0 Å². The average Bonchev–Trinajstić information content (AvgIpc) is 3.22. The predicted molar refractivity (Wildman–Crippen MR) is 107 cm³/mol. The molecule has 2 atom stereocenters. The number of para-hydroxylation sites is 2. The van der Waals surface area contributed by atoms with E-state index in [1.165, 1.54) is 4.90 Å². The van der Waals surface area contributed by atoms with Gasteiger partial charge in [0.2, 0.25) is 5.82 Å². The molecule has 1 aliphatic heterocycles. The van der Waals surface area contributed by atoms with E-state index in [9.17, 15) is 9.59 Å². The fourth-order valence-electron chi connectivity index (χ4n) is 3.25. The van der Waals surface area contributed by atoms with Crippen LogP contribution in [0.3, 0.4) is 0 Å². The van der Waals surface area contributed by atoms with E-state index in [1.54, 1.807) is 19.2 Å². The Hall–Kier alpha value is -3.68. The molecule has 8 nitrogen and oxygen atoms in total. The number of amides is 2. The summed E-state index contributed by atoms with van der Waals surface area (Å²) in [5.41, 5.74) is 1.72. The number of benzene rings is 2. The van der Waals surface area contributed by atoms with Crippen LogP contribution in [0.5, 0.6) is 5.75 Å². The first-order chi connectivity index (χ1) is 14.0. The zero-order chi connectivity index (χ0) is 20.4. The van der Waals surface area contributed by atoms with Gasteiger partial charge in [0.15, 0.2) is 0 Å². The molecule has 3 aromatic rings. The molecule has 2 N–H and O–H groups in total. The third-order valence-corrected chi connectivity index (χ3v) is 5.00. The Labute approximate surface area is 167 Å². The van der Waals surface area contributed by atoms with Crippen molar-refractivity contribution in [2.24, 2.45) is 0 Å². The number of H-pyrrole nitrogens is 1. The number of hydrogen-bond acceptors (Lipinski definition) is 5. The molecule has 29 heavy (non-hydrogen) atoms. The number of ether oxygens (including phenoxy) is 1. The number of aromatic nitrogens is 3. The zero-order valence-corrected chi connectivity index (χ0v) is 16.1. The van der Waals surface area contributed by atoms with Gasteiger partial charge in [-0.15, -0.1) is 10.2 Å². The maximum atomic E-state index is 12.8. The van der Waals surface area contributed by atoms with Crippen LogP contribution in [0.15, 0.2) is 54.6 Å². The highest BCUT2D eigenvalue weighted by Crippen LogP contribution is 2.29. The smallest absolute Gasteiger partial charge is 0.289 e. The topological polar surface area (TPSA) is 100 Å². The van der Waals surface area contributed by atoms with Crippen LogP contribution in [0, 0.1) is 0 Å². The zero-order valence-electron chi connectivity index (χ0n) is 16.1. The van der Waals surface area contributed by atoms with Gasteiger partial charge in [-0.3, -0.25) is 9.59 Å². The second-order valence-electron chi connectivity index (χ2n) is 6.89. The molecule has 2 aromatic carbocycles. The monoisotopic (exact) mass is 391 g/mol. The minimum atomic E-state index is -0.833. The summed E-state index contributed by atoms with van der Waals surface area (Å²) in [7, 11) is 1.66. The van der Waals surface area contributed by atoms with Crippen molar-refractivity contribution in [3.63, 3.8) is 0 Å². The Bertz CT molecular complexity index is 1030. The molecule has 148 valence electrons.